The van der Waals surface area contributed by atoms with Crippen LogP contribution >= 0.6 is 11.3 Å². The molecule has 1 amide bonds. The number of esters is 2. The van der Waals surface area contributed by atoms with Crippen molar-refractivity contribution in [3.8, 4) is 6.07 Å². The number of amides is 1. The molecule has 0 unspecified atom stereocenters. The Morgan fingerprint density at radius 1 is 0.935 bits per heavy atom. The number of nitriles is 1. The Morgan fingerprint density at radius 3 is 2.28 bits per heavy atom. The van der Waals surface area contributed by atoms with Crippen molar-refractivity contribution < 1.29 is 23.9 Å². The summed E-state index contributed by atoms with van der Waals surface area (Å²) in [4.78, 5) is 38.3. The molecule has 1 heterocycles. The predicted octanol–water partition coefficient (Wildman–Crippen LogP) is 8.23. The molecule has 3 rings (SSSR count). The third kappa shape index (κ3) is 10.9. The fourth-order valence-electron chi connectivity index (χ4n) is 3.77. The van der Waals surface area contributed by atoms with Gasteiger partial charge in [-0.1, -0.05) is 42.7 Å². The molecule has 1 aromatic heterocycles. The SMILES string of the molecule is C=C(C)C(=O)OCCCN(CC)c1ccc(N=Nc2sc(N=Nc3ccccc3)cc2C#N)c(NC(=O)CCOC(=O)C(=C)C)c1. The van der Waals surface area contributed by atoms with Crippen molar-refractivity contribution in [2.75, 3.05) is 36.5 Å². The second-order valence-corrected chi connectivity index (χ2v) is 10.9. The van der Waals surface area contributed by atoms with Crippen LogP contribution in [0.3, 0.4) is 0 Å². The monoisotopic (exact) mass is 641 g/mol. The van der Waals surface area contributed by atoms with Crippen LogP contribution in [0.25, 0.3) is 0 Å². The van der Waals surface area contributed by atoms with Crippen LogP contribution in [0.4, 0.5) is 32.8 Å². The molecule has 13 heteroatoms. The van der Waals surface area contributed by atoms with Gasteiger partial charge in [-0.05, 0) is 63.6 Å². The lowest BCUT2D eigenvalue weighted by atomic mass is 10.2. The largest absolute Gasteiger partial charge is 0.462 e. The van der Waals surface area contributed by atoms with E-state index in [2.05, 4.69) is 49.9 Å². The Balaban J connectivity index is 1.83. The van der Waals surface area contributed by atoms with Crippen molar-refractivity contribution in [3.05, 3.63) is 84.5 Å². The first kappa shape index (κ1) is 35.0. The summed E-state index contributed by atoms with van der Waals surface area (Å²) in [6.45, 7) is 13.5. The van der Waals surface area contributed by atoms with Gasteiger partial charge >= 0.3 is 11.9 Å². The molecule has 0 fully saturated rings. The topological polar surface area (TPSA) is 158 Å². The summed E-state index contributed by atoms with van der Waals surface area (Å²) in [5, 5.41) is 30.4. The van der Waals surface area contributed by atoms with Crippen LogP contribution in [0.15, 0.2) is 99.4 Å². The highest BCUT2D eigenvalue weighted by Crippen LogP contribution is 2.39. The predicted molar refractivity (Wildman–Crippen MR) is 178 cm³/mol. The van der Waals surface area contributed by atoms with E-state index in [4.69, 9.17) is 9.47 Å². The molecule has 0 aliphatic carbocycles. The average Bonchev–Trinajstić information content (AvgIpc) is 3.45. The lowest BCUT2D eigenvalue weighted by Gasteiger charge is -2.24. The highest BCUT2D eigenvalue weighted by Gasteiger charge is 2.14. The average molecular weight is 642 g/mol. The van der Waals surface area contributed by atoms with E-state index in [0.717, 1.165) is 17.0 Å². The van der Waals surface area contributed by atoms with E-state index < -0.39 is 17.8 Å². The van der Waals surface area contributed by atoms with E-state index in [1.165, 1.54) is 6.92 Å². The van der Waals surface area contributed by atoms with Crippen molar-refractivity contribution in [2.45, 2.75) is 33.6 Å². The molecule has 0 bridgehead atoms. The Kier molecular flexibility index (Phi) is 13.5. The number of nitrogens with one attached hydrogen (secondary N) is 1. The molecule has 0 radical (unpaired) electrons. The lowest BCUT2D eigenvalue weighted by Crippen LogP contribution is -2.25. The van der Waals surface area contributed by atoms with Crippen molar-refractivity contribution in [1.82, 2.24) is 0 Å². The van der Waals surface area contributed by atoms with Gasteiger partial charge < -0.3 is 19.7 Å². The van der Waals surface area contributed by atoms with Gasteiger partial charge in [-0.15, -0.1) is 20.5 Å². The lowest BCUT2D eigenvalue weighted by molar-refractivity contribution is -0.140. The number of rotatable bonds is 16. The zero-order valence-electron chi connectivity index (χ0n) is 26.0. The van der Waals surface area contributed by atoms with Gasteiger partial charge in [0.1, 0.15) is 23.4 Å². The van der Waals surface area contributed by atoms with Gasteiger partial charge in [0.2, 0.25) is 5.91 Å². The highest BCUT2D eigenvalue weighted by atomic mass is 32.1. The maximum atomic E-state index is 12.8. The normalized spacial score (nSPS) is 10.8. The van der Waals surface area contributed by atoms with Crippen molar-refractivity contribution >= 4 is 61.9 Å². The first-order valence-electron chi connectivity index (χ1n) is 14.4. The van der Waals surface area contributed by atoms with E-state index in [-0.39, 0.29) is 30.8 Å². The molecule has 0 saturated carbocycles. The van der Waals surface area contributed by atoms with E-state index in [1.807, 2.05) is 43.3 Å². The van der Waals surface area contributed by atoms with E-state index in [9.17, 15) is 19.6 Å². The van der Waals surface area contributed by atoms with Gasteiger partial charge in [-0.3, -0.25) is 4.79 Å². The number of carbonyl (C=O) groups is 3. The molecule has 0 atom stereocenters. The van der Waals surface area contributed by atoms with Crippen molar-refractivity contribution in [2.24, 2.45) is 20.5 Å². The van der Waals surface area contributed by atoms with Crippen LogP contribution < -0.4 is 10.2 Å². The second kappa shape index (κ2) is 17.7. The third-order valence-corrected chi connectivity index (χ3v) is 7.06. The highest BCUT2D eigenvalue weighted by molar-refractivity contribution is 7.19. The number of ether oxygens (including phenoxy) is 2. The summed E-state index contributed by atoms with van der Waals surface area (Å²) in [7, 11) is 0. The van der Waals surface area contributed by atoms with E-state index in [1.54, 1.807) is 25.1 Å². The summed E-state index contributed by atoms with van der Waals surface area (Å²) in [5.74, 6) is -1.42. The molecule has 46 heavy (non-hydrogen) atoms. The summed E-state index contributed by atoms with van der Waals surface area (Å²) < 4.78 is 10.3. The standard InChI is InChI=1S/C33H35N7O5S/c1-6-40(16-10-17-44-32(42)22(2)3)26-13-14-27(28(20-26)35-29(41)15-18-45-33(43)23(4)5)37-39-31-24(21-34)19-30(46-31)38-36-25-11-8-7-9-12-25/h7-9,11-14,19-20H,2,4,6,10,15-18H2,1,3,5H3,(H,35,41). The summed E-state index contributed by atoms with van der Waals surface area (Å²) >= 11 is 1.15. The molecule has 0 aliphatic heterocycles. The van der Waals surface area contributed by atoms with Gasteiger partial charge in [0.15, 0.2) is 5.00 Å². The quantitative estimate of drug-likeness (QED) is 0.0714. The first-order chi connectivity index (χ1) is 22.1. The number of azo groups is 2. The molecule has 238 valence electrons. The fraction of sp³-hybridized carbons (Fsp3) is 0.273. The third-order valence-electron chi connectivity index (χ3n) is 6.15. The van der Waals surface area contributed by atoms with E-state index >= 15 is 0 Å². The minimum Gasteiger partial charge on any atom is -0.462 e. The molecular weight excluding hydrogens is 606 g/mol. The number of benzene rings is 2. The second-order valence-electron chi connectivity index (χ2n) is 9.92. The molecular formula is C33H35N7O5S. The number of anilines is 2. The van der Waals surface area contributed by atoms with Crippen LogP contribution in [0.5, 0.6) is 0 Å². The molecule has 1 N–H and O–H groups in total. The number of nitrogens with zero attached hydrogens (tertiary/aromatic N) is 6. The molecule has 3 aromatic rings. The number of hydrogen-bond donors (Lipinski definition) is 1. The minimum absolute atomic E-state index is 0.0926. The van der Waals surface area contributed by atoms with Gasteiger partial charge in [0.25, 0.3) is 0 Å². The summed E-state index contributed by atoms with van der Waals surface area (Å²) in [6.07, 6.45) is 0.480. The van der Waals surface area contributed by atoms with Crippen LogP contribution in [-0.2, 0) is 23.9 Å². The number of hydrogen-bond acceptors (Lipinski definition) is 12. The zero-order chi connectivity index (χ0) is 33.5. The zero-order valence-corrected chi connectivity index (χ0v) is 26.8. The molecule has 0 saturated heterocycles. The minimum atomic E-state index is -0.580. The van der Waals surface area contributed by atoms with Crippen LogP contribution in [0, 0.1) is 11.3 Å². The van der Waals surface area contributed by atoms with Crippen LogP contribution in [-0.4, -0.2) is 44.1 Å². The van der Waals surface area contributed by atoms with Gasteiger partial charge in [0, 0.05) is 29.9 Å². The van der Waals surface area contributed by atoms with Crippen LogP contribution in [0.1, 0.15) is 39.2 Å². The number of thiophene rings is 1. The van der Waals surface area contributed by atoms with Crippen molar-refractivity contribution in [1.29, 1.82) is 5.26 Å². The first-order valence-corrected chi connectivity index (χ1v) is 15.2. The Labute approximate surface area is 271 Å². The maximum absolute atomic E-state index is 12.8. The Bertz CT molecular complexity index is 1670. The van der Waals surface area contributed by atoms with Gasteiger partial charge in [-0.2, -0.15) is 5.26 Å². The van der Waals surface area contributed by atoms with Gasteiger partial charge in [0.05, 0.1) is 30.0 Å². The molecule has 0 spiro atoms. The van der Waals surface area contributed by atoms with Crippen LogP contribution in [0.2, 0.25) is 0 Å². The fourth-order valence-corrected chi connectivity index (χ4v) is 4.52. The number of carbonyl (C=O) groups excluding carboxylic acids is 3. The molecule has 0 aliphatic rings. The summed E-state index contributed by atoms with van der Waals surface area (Å²) in [5.41, 5.74) is 3.01. The molecule has 2 aromatic carbocycles. The van der Waals surface area contributed by atoms with Crippen molar-refractivity contribution in [3.63, 3.8) is 0 Å². The Hall–Kier alpha value is -5.48. The Morgan fingerprint density at radius 2 is 1.63 bits per heavy atom. The molecule has 12 nitrogen and oxygen atoms in total. The van der Waals surface area contributed by atoms with Gasteiger partial charge in [-0.25, -0.2) is 9.59 Å². The smallest absolute Gasteiger partial charge is 0.333 e. The summed E-state index contributed by atoms with van der Waals surface area (Å²) in [6, 6.07) is 18.2. The maximum Gasteiger partial charge on any atom is 0.333 e. The van der Waals surface area contributed by atoms with E-state index in [0.29, 0.717) is 52.1 Å².